The highest BCUT2D eigenvalue weighted by atomic mass is 16.2. The lowest BCUT2D eigenvalue weighted by atomic mass is 9.95. The number of nitrogens with zero attached hydrogens (tertiary/aromatic N) is 2. The van der Waals surface area contributed by atoms with Crippen LogP contribution in [0.1, 0.15) is 39.5 Å². The standard InChI is InChI=1S/C15H29N3O/c1-12(2)13-5-8-18(11-13)14(10-16)9-15(19)17-6-3-4-7-17/h12-14H,3-11,16H2,1-2H3. The molecule has 0 aromatic heterocycles. The first-order chi connectivity index (χ1) is 9.11. The van der Waals surface area contributed by atoms with Crippen LogP contribution in [0.5, 0.6) is 0 Å². The smallest absolute Gasteiger partial charge is 0.224 e. The van der Waals surface area contributed by atoms with Gasteiger partial charge in [-0.15, -0.1) is 0 Å². The molecule has 2 unspecified atom stereocenters. The Bertz CT molecular complexity index is 300. The van der Waals surface area contributed by atoms with Crippen molar-refractivity contribution in [2.45, 2.75) is 45.6 Å². The molecule has 2 heterocycles. The van der Waals surface area contributed by atoms with Gasteiger partial charge in [-0.2, -0.15) is 0 Å². The molecule has 0 bridgehead atoms. The maximum Gasteiger partial charge on any atom is 0.224 e. The van der Waals surface area contributed by atoms with Crippen molar-refractivity contribution >= 4 is 5.91 Å². The molecule has 0 aliphatic carbocycles. The van der Waals surface area contributed by atoms with Gasteiger partial charge in [-0.3, -0.25) is 9.69 Å². The Morgan fingerprint density at radius 3 is 2.47 bits per heavy atom. The lowest BCUT2D eigenvalue weighted by Gasteiger charge is -2.28. The number of hydrogen-bond acceptors (Lipinski definition) is 3. The fourth-order valence-electron chi connectivity index (χ4n) is 3.35. The van der Waals surface area contributed by atoms with Crippen LogP contribution in [0.4, 0.5) is 0 Å². The largest absolute Gasteiger partial charge is 0.343 e. The molecule has 2 fully saturated rings. The zero-order valence-electron chi connectivity index (χ0n) is 12.5. The van der Waals surface area contributed by atoms with E-state index in [4.69, 9.17) is 5.73 Å². The molecule has 4 heteroatoms. The van der Waals surface area contributed by atoms with Crippen LogP contribution in [0.2, 0.25) is 0 Å². The van der Waals surface area contributed by atoms with Gasteiger partial charge in [-0.25, -0.2) is 0 Å². The lowest BCUT2D eigenvalue weighted by molar-refractivity contribution is -0.131. The molecule has 2 aliphatic rings. The van der Waals surface area contributed by atoms with E-state index in [0.29, 0.717) is 18.9 Å². The van der Waals surface area contributed by atoms with Crippen molar-refractivity contribution in [1.29, 1.82) is 0 Å². The first-order valence-corrected chi connectivity index (χ1v) is 7.83. The van der Waals surface area contributed by atoms with Crippen molar-refractivity contribution in [2.75, 3.05) is 32.7 Å². The van der Waals surface area contributed by atoms with Crippen LogP contribution >= 0.6 is 0 Å². The molecule has 0 saturated carbocycles. The predicted molar refractivity (Wildman–Crippen MR) is 77.8 cm³/mol. The van der Waals surface area contributed by atoms with Crippen LogP contribution in [-0.4, -0.2) is 54.5 Å². The van der Waals surface area contributed by atoms with Gasteiger partial charge in [0, 0.05) is 38.6 Å². The Hall–Kier alpha value is -0.610. The SMILES string of the molecule is CC(C)C1CCN(C(CN)CC(=O)N2CCCC2)C1. The van der Waals surface area contributed by atoms with Crippen LogP contribution in [0.15, 0.2) is 0 Å². The predicted octanol–water partition coefficient (Wildman–Crippen LogP) is 1.30. The average Bonchev–Trinajstić information content (AvgIpc) is 3.05. The van der Waals surface area contributed by atoms with Gasteiger partial charge in [0.15, 0.2) is 0 Å². The molecule has 2 rings (SSSR count). The third-order valence-corrected chi connectivity index (χ3v) is 4.86. The van der Waals surface area contributed by atoms with Gasteiger partial charge < -0.3 is 10.6 Å². The Morgan fingerprint density at radius 2 is 1.95 bits per heavy atom. The molecule has 0 aromatic rings. The Labute approximate surface area is 117 Å². The van der Waals surface area contributed by atoms with Crippen LogP contribution in [0.3, 0.4) is 0 Å². The van der Waals surface area contributed by atoms with Gasteiger partial charge in [0.2, 0.25) is 5.91 Å². The van der Waals surface area contributed by atoms with E-state index in [1.165, 1.54) is 6.42 Å². The average molecular weight is 267 g/mol. The summed E-state index contributed by atoms with van der Waals surface area (Å²) in [6.45, 7) is 9.31. The van der Waals surface area contributed by atoms with Crippen LogP contribution in [0, 0.1) is 11.8 Å². The molecule has 0 radical (unpaired) electrons. The highest BCUT2D eigenvalue weighted by Crippen LogP contribution is 2.26. The first-order valence-electron chi connectivity index (χ1n) is 7.83. The second kappa shape index (κ2) is 6.71. The molecule has 0 spiro atoms. The van der Waals surface area contributed by atoms with Crippen LogP contribution in [-0.2, 0) is 4.79 Å². The van der Waals surface area contributed by atoms with E-state index in [1.54, 1.807) is 0 Å². The second-order valence-electron chi connectivity index (χ2n) is 6.47. The maximum absolute atomic E-state index is 12.2. The number of rotatable bonds is 5. The van der Waals surface area contributed by atoms with Gasteiger partial charge >= 0.3 is 0 Å². The molecule has 110 valence electrons. The molecular weight excluding hydrogens is 238 g/mol. The summed E-state index contributed by atoms with van der Waals surface area (Å²) in [7, 11) is 0. The number of amides is 1. The summed E-state index contributed by atoms with van der Waals surface area (Å²) in [5.74, 6) is 1.81. The number of hydrogen-bond donors (Lipinski definition) is 1. The fourth-order valence-corrected chi connectivity index (χ4v) is 3.35. The number of nitrogens with two attached hydrogens (primary N) is 1. The van der Waals surface area contributed by atoms with E-state index in [1.807, 2.05) is 4.90 Å². The van der Waals surface area contributed by atoms with E-state index in [-0.39, 0.29) is 6.04 Å². The topological polar surface area (TPSA) is 49.6 Å². The third-order valence-electron chi connectivity index (χ3n) is 4.86. The number of likely N-dealkylation sites (tertiary alicyclic amines) is 2. The Balaban J connectivity index is 1.84. The summed E-state index contributed by atoms with van der Waals surface area (Å²) >= 11 is 0. The van der Waals surface area contributed by atoms with Crippen molar-refractivity contribution < 1.29 is 4.79 Å². The summed E-state index contributed by atoms with van der Waals surface area (Å²) < 4.78 is 0. The molecule has 1 amide bonds. The van der Waals surface area contributed by atoms with Crippen LogP contribution < -0.4 is 5.73 Å². The van der Waals surface area contributed by atoms with E-state index in [2.05, 4.69) is 18.7 Å². The lowest BCUT2D eigenvalue weighted by Crippen LogP contribution is -2.43. The zero-order chi connectivity index (χ0) is 13.8. The van der Waals surface area contributed by atoms with Crippen molar-refractivity contribution in [1.82, 2.24) is 9.80 Å². The second-order valence-corrected chi connectivity index (χ2v) is 6.47. The first kappa shape index (κ1) is 14.8. The number of carbonyl (C=O) groups excluding carboxylic acids is 1. The monoisotopic (exact) mass is 267 g/mol. The van der Waals surface area contributed by atoms with Gasteiger partial charge in [0.05, 0.1) is 0 Å². The normalized spacial score (nSPS) is 26.3. The molecule has 4 nitrogen and oxygen atoms in total. The third kappa shape index (κ3) is 3.69. The van der Waals surface area contributed by atoms with Gasteiger partial charge in [-0.1, -0.05) is 13.8 Å². The summed E-state index contributed by atoms with van der Waals surface area (Å²) in [4.78, 5) is 16.7. The number of carbonyl (C=O) groups is 1. The highest BCUT2D eigenvalue weighted by molar-refractivity contribution is 5.77. The molecule has 19 heavy (non-hydrogen) atoms. The minimum absolute atomic E-state index is 0.247. The van der Waals surface area contributed by atoms with Crippen molar-refractivity contribution in [3.8, 4) is 0 Å². The van der Waals surface area contributed by atoms with Crippen molar-refractivity contribution in [3.63, 3.8) is 0 Å². The van der Waals surface area contributed by atoms with Crippen molar-refractivity contribution in [3.05, 3.63) is 0 Å². The summed E-state index contributed by atoms with van der Waals surface area (Å²) in [6, 6.07) is 0.247. The van der Waals surface area contributed by atoms with E-state index < -0.39 is 0 Å². The molecule has 0 aromatic carbocycles. The minimum atomic E-state index is 0.247. The maximum atomic E-state index is 12.2. The Kier molecular flexibility index (Phi) is 5.22. The molecule has 2 N–H and O–H groups in total. The summed E-state index contributed by atoms with van der Waals surface area (Å²) in [5, 5.41) is 0. The Morgan fingerprint density at radius 1 is 1.26 bits per heavy atom. The van der Waals surface area contributed by atoms with Gasteiger partial charge in [0.25, 0.3) is 0 Å². The summed E-state index contributed by atoms with van der Waals surface area (Å²) in [6.07, 6.45) is 4.20. The highest BCUT2D eigenvalue weighted by Gasteiger charge is 2.31. The molecule has 2 saturated heterocycles. The molecule has 2 aliphatic heterocycles. The van der Waals surface area contributed by atoms with Gasteiger partial charge in [0.1, 0.15) is 0 Å². The molecular formula is C15H29N3O. The van der Waals surface area contributed by atoms with Crippen LogP contribution in [0.25, 0.3) is 0 Å². The quantitative estimate of drug-likeness (QED) is 0.817. The van der Waals surface area contributed by atoms with E-state index in [0.717, 1.165) is 50.9 Å². The van der Waals surface area contributed by atoms with Gasteiger partial charge in [-0.05, 0) is 37.6 Å². The summed E-state index contributed by atoms with van der Waals surface area (Å²) in [5.41, 5.74) is 5.91. The fraction of sp³-hybridized carbons (Fsp3) is 0.933. The van der Waals surface area contributed by atoms with E-state index >= 15 is 0 Å². The molecule has 2 atom stereocenters. The van der Waals surface area contributed by atoms with Crippen molar-refractivity contribution in [2.24, 2.45) is 17.6 Å². The zero-order valence-corrected chi connectivity index (χ0v) is 12.5. The van der Waals surface area contributed by atoms with E-state index in [9.17, 15) is 4.79 Å². The minimum Gasteiger partial charge on any atom is -0.343 e.